The Labute approximate surface area is 220 Å². The number of carbonyl (C=O) groups is 1. The molecule has 5 rings (SSSR count). The van der Waals surface area contributed by atoms with Gasteiger partial charge in [0, 0.05) is 38.7 Å². The van der Waals surface area contributed by atoms with Gasteiger partial charge in [-0.1, -0.05) is 24.3 Å². The van der Waals surface area contributed by atoms with Gasteiger partial charge in [-0.3, -0.25) is 14.2 Å². The van der Waals surface area contributed by atoms with Gasteiger partial charge in [0.25, 0.3) is 5.91 Å². The number of fused-ring (bicyclic) bond motifs is 1. The van der Waals surface area contributed by atoms with Gasteiger partial charge in [0.2, 0.25) is 0 Å². The average molecular weight is 511 g/mol. The number of nitrogen functional groups attached to an aromatic ring is 1. The molecule has 38 heavy (non-hydrogen) atoms. The predicted octanol–water partition coefficient (Wildman–Crippen LogP) is 3.03. The van der Waals surface area contributed by atoms with E-state index in [0.29, 0.717) is 36.8 Å². The Hall–Kier alpha value is -4.80. The monoisotopic (exact) mass is 510 g/mol. The number of nitrogens with two attached hydrogens (primary N) is 1. The molecule has 1 amide bonds. The first kappa shape index (κ1) is 24.9. The van der Waals surface area contributed by atoms with Crippen molar-refractivity contribution in [1.82, 2.24) is 39.4 Å². The van der Waals surface area contributed by atoms with E-state index in [1.807, 2.05) is 42.9 Å². The van der Waals surface area contributed by atoms with E-state index in [1.54, 1.807) is 35.9 Å². The molecule has 0 fully saturated rings. The van der Waals surface area contributed by atoms with Crippen LogP contribution in [-0.2, 0) is 19.6 Å². The van der Waals surface area contributed by atoms with Crippen LogP contribution >= 0.6 is 0 Å². The second-order valence-corrected chi connectivity index (χ2v) is 9.46. The van der Waals surface area contributed by atoms with Crippen molar-refractivity contribution >= 4 is 28.6 Å². The lowest BCUT2D eigenvalue weighted by Gasteiger charge is -2.12. The molecule has 0 saturated carbocycles. The molecular formula is C27H30N10O. The Balaban J connectivity index is 1.29. The highest BCUT2D eigenvalue weighted by Crippen LogP contribution is 2.21. The topological polar surface area (TPSA) is 133 Å². The van der Waals surface area contributed by atoms with Crippen molar-refractivity contribution in [3.8, 4) is 0 Å². The smallest absolute Gasteiger partial charge is 0.271 e. The van der Waals surface area contributed by atoms with E-state index in [1.165, 1.54) is 6.33 Å². The molecule has 1 aromatic carbocycles. The molecule has 3 N–H and O–H groups in total. The number of amides is 1. The third-order valence-corrected chi connectivity index (χ3v) is 6.41. The van der Waals surface area contributed by atoms with Gasteiger partial charge in [0.05, 0.1) is 18.5 Å². The number of hydrogen-bond acceptors (Lipinski definition) is 8. The first-order valence-corrected chi connectivity index (χ1v) is 12.2. The average Bonchev–Trinajstić information content (AvgIpc) is 3.51. The molecule has 11 heteroatoms. The van der Waals surface area contributed by atoms with Crippen molar-refractivity contribution in [2.45, 2.75) is 33.5 Å². The maximum atomic E-state index is 12.4. The summed E-state index contributed by atoms with van der Waals surface area (Å²) in [5.74, 6) is 1.17. The molecule has 194 valence electrons. The Kier molecular flexibility index (Phi) is 6.73. The Bertz CT molecular complexity index is 1580. The van der Waals surface area contributed by atoms with Gasteiger partial charge in [0.1, 0.15) is 23.7 Å². The number of aromatic nitrogens is 7. The van der Waals surface area contributed by atoms with Gasteiger partial charge >= 0.3 is 0 Å². The van der Waals surface area contributed by atoms with E-state index in [0.717, 1.165) is 39.2 Å². The van der Waals surface area contributed by atoms with Crippen LogP contribution in [0.1, 0.15) is 38.4 Å². The second kappa shape index (κ2) is 10.3. The van der Waals surface area contributed by atoms with E-state index in [-0.39, 0.29) is 5.91 Å². The van der Waals surface area contributed by atoms with Gasteiger partial charge in [-0.05, 0) is 48.2 Å². The van der Waals surface area contributed by atoms with Crippen molar-refractivity contribution in [3.05, 3.63) is 88.8 Å². The molecule has 0 unspecified atom stereocenters. The molecule has 4 heterocycles. The molecule has 5 aromatic rings. The molecule has 0 bridgehead atoms. The largest absolute Gasteiger partial charge is 0.384 e. The molecule has 0 saturated heterocycles. The molecule has 11 nitrogen and oxygen atoms in total. The normalized spacial score (nSPS) is 11.2. The number of pyridine rings is 1. The zero-order valence-corrected chi connectivity index (χ0v) is 21.9. The van der Waals surface area contributed by atoms with Crippen LogP contribution in [0.25, 0.3) is 11.0 Å². The van der Waals surface area contributed by atoms with Gasteiger partial charge in [0.15, 0.2) is 5.65 Å². The molecule has 0 aliphatic carbocycles. The summed E-state index contributed by atoms with van der Waals surface area (Å²) in [6.07, 6.45) is 5.12. The summed E-state index contributed by atoms with van der Waals surface area (Å²) < 4.78 is 3.58. The highest BCUT2D eigenvalue weighted by molar-refractivity contribution is 5.92. The third-order valence-electron chi connectivity index (χ3n) is 6.41. The van der Waals surface area contributed by atoms with Crippen molar-refractivity contribution < 1.29 is 4.79 Å². The fourth-order valence-electron chi connectivity index (χ4n) is 4.41. The summed E-state index contributed by atoms with van der Waals surface area (Å²) in [7, 11) is 3.47. The lowest BCUT2D eigenvalue weighted by Crippen LogP contribution is -2.25. The minimum atomic E-state index is -0.0720. The molecule has 0 aliphatic rings. The number of nitrogens with one attached hydrogen (secondary N) is 1. The van der Waals surface area contributed by atoms with E-state index in [2.05, 4.69) is 42.6 Å². The fraction of sp³-hybridized carbons (Fsp3) is 0.259. The summed E-state index contributed by atoms with van der Waals surface area (Å²) >= 11 is 0. The first-order chi connectivity index (χ1) is 18.3. The zero-order valence-electron chi connectivity index (χ0n) is 21.9. The van der Waals surface area contributed by atoms with E-state index < -0.39 is 0 Å². The maximum absolute atomic E-state index is 12.4. The standard InChI is InChI=1S/C27H30N10O/c1-17-11-24(28)33-18(2)21(17)12-29-25-22-15-36(34-26(22)31-16-30-25)13-19-5-7-20(8-6-19)14-37-23(9-10-32-37)27(38)35(3)4/h5-11,15-16H,12-14H2,1-4H3,(H2,28,33)(H,29,30,31,34). The Morgan fingerprint density at radius 1 is 1.05 bits per heavy atom. The van der Waals surface area contributed by atoms with Crippen molar-refractivity contribution in [3.63, 3.8) is 0 Å². The number of rotatable bonds is 8. The van der Waals surface area contributed by atoms with Crippen molar-refractivity contribution in [1.29, 1.82) is 0 Å². The van der Waals surface area contributed by atoms with Crippen LogP contribution in [0.5, 0.6) is 0 Å². The van der Waals surface area contributed by atoms with Crippen LogP contribution in [0, 0.1) is 13.8 Å². The van der Waals surface area contributed by atoms with Crippen LogP contribution in [0.15, 0.2) is 55.1 Å². The second-order valence-electron chi connectivity index (χ2n) is 9.46. The van der Waals surface area contributed by atoms with Crippen LogP contribution in [0.4, 0.5) is 11.6 Å². The van der Waals surface area contributed by atoms with Gasteiger partial charge in [-0.25, -0.2) is 15.0 Å². The van der Waals surface area contributed by atoms with Gasteiger partial charge in [-0.15, -0.1) is 0 Å². The van der Waals surface area contributed by atoms with E-state index in [9.17, 15) is 4.79 Å². The van der Waals surface area contributed by atoms with E-state index >= 15 is 0 Å². The molecule has 0 aliphatic heterocycles. The molecule has 4 aromatic heterocycles. The summed E-state index contributed by atoms with van der Waals surface area (Å²) in [4.78, 5) is 27.1. The number of aryl methyl sites for hydroxylation is 2. The minimum Gasteiger partial charge on any atom is -0.384 e. The number of benzene rings is 1. The number of carbonyl (C=O) groups excluding carboxylic acids is 1. The van der Waals surface area contributed by atoms with Crippen LogP contribution in [0.2, 0.25) is 0 Å². The molecular weight excluding hydrogens is 480 g/mol. The van der Waals surface area contributed by atoms with Crippen LogP contribution in [0.3, 0.4) is 0 Å². The fourth-order valence-corrected chi connectivity index (χ4v) is 4.41. The summed E-state index contributed by atoms with van der Waals surface area (Å²) in [5.41, 5.74) is 12.3. The Morgan fingerprint density at radius 3 is 2.50 bits per heavy atom. The summed E-state index contributed by atoms with van der Waals surface area (Å²) in [6.45, 7) is 5.65. The first-order valence-electron chi connectivity index (χ1n) is 12.2. The summed E-state index contributed by atoms with van der Waals surface area (Å²) in [6, 6.07) is 11.8. The lowest BCUT2D eigenvalue weighted by atomic mass is 10.1. The predicted molar refractivity (Wildman–Crippen MR) is 146 cm³/mol. The van der Waals surface area contributed by atoms with Gasteiger partial charge < -0.3 is 16.0 Å². The van der Waals surface area contributed by atoms with E-state index in [4.69, 9.17) is 5.73 Å². The lowest BCUT2D eigenvalue weighted by molar-refractivity contribution is 0.0816. The van der Waals surface area contributed by atoms with Crippen LogP contribution in [-0.4, -0.2) is 59.4 Å². The minimum absolute atomic E-state index is 0.0720. The number of nitrogens with zero attached hydrogens (tertiary/aromatic N) is 8. The number of hydrogen-bond donors (Lipinski definition) is 2. The summed E-state index contributed by atoms with van der Waals surface area (Å²) in [5, 5.41) is 13.2. The highest BCUT2D eigenvalue weighted by Gasteiger charge is 2.14. The maximum Gasteiger partial charge on any atom is 0.271 e. The molecule has 0 radical (unpaired) electrons. The quantitative estimate of drug-likeness (QED) is 0.326. The zero-order chi connectivity index (χ0) is 26.8. The van der Waals surface area contributed by atoms with Crippen LogP contribution < -0.4 is 11.1 Å². The Morgan fingerprint density at radius 2 is 1.79 bits per heavy atom. The third kappa shape index (κ3) is 5.17. The highest BCUT2D eigenvalue weighted by atomic mass is 16.2. The van der Waals surface area contributed by atoms with Crippen molar-refractivity contribution in [2.75, 3.05) is 25.1 Å². The van der Waals surface area contributed by atoms with Gasteiger partial charge in [-0.2, -0.15) is 10.2 Å². The number of anilines is 2. The SMILES string of the molecule is Cc1cc(N)nc(C)c1CNc1ncnc2nn(Cc3ccc(Cn4nccc4C(=O)N(C)C)cc3)cc12. The van der Waals surface area contributed by atoms with Crippen molar-refractivity contribution in [2.24, 2.45) is 0 Å². The molecule has 0 atom stereocenters. The molecule has 0 spiro atoms.